The molecule has 3 unspecified atom stereocenters. The van der Waals surface area contributed by atoms with Gasteiger partial charge in [0, 0.05) is 22.7 Å². The average molecular weight is 273 g/mol. The Balaban J connectivity index is 1.41. The summed E-state index contributed by atoms with van der Waals surface area (Å²) in [7, 11) is 0. The first-order valence-corrected chi connectivity index (χ1v) is 8.77. The Bertz CT molecular complexity index is 433. The minimum absolute atomic E-state index is 0.804. The Hall–Kier alpha value is -0.470. The summed E-state index contributed by atoms with van der Waals surface area (Å²) < 4.78 is 0. The van der Waals surface area contributed by atoms with Crippen molar-refractivity contribution in [3.63, 3.8) is 0 Å². The molecule has 2 heteroatoms. The van der Waals surface area contributed by atoms with E-state index in [1.165, 1.54) is 56.5 Å². The number of benzene rings is 1. The van der Waals surface area contributed by atoms with Crippen LogP contribution in [0.2, 0.25) is 0 Å². The molecule has 2 fully saturated rings. The quantitative estimate of drug-likeness (QED) is 0.802. The van der Waals surface area contributed by atoms with E-state index in [0.29, 0.717) is 0 Å². The van der Waals surface area contributed by atoms with E-state index in [0.717, 1.165) is 17.2 Å². The normalized spacial score (nSPS) is 34.2. The molecule has 3 atom stereocenters. The molecule has 0 N–H and O–H groups in total. The predicted molar refractivity (Wildman–Crippen MR) is 81.7 cm³/mol. The van der Waals surface area contributed by atoms with Gasteiger partial charge in [0.15, 0.2) is 0 Å². The molecule has 0 bridgehead atoms. The van der Waals surface area contributed by atoms with Crippen LogP contribution in [0.5, 0.6) is 0 Å². The lowest BCUT2D eigenvalue weighted by Gasteiger charge is -2.33. The van der Waals surface area contributed by atoms with Crippen LogP contribution in [-0.4, -0.2) is 29.3 Å². The maximum atomic E-state index is 2.83. The van der Waals surface area contributed by atoms with Crippen molar-refractivity contribution in [1.82, 2.24) is 4.90 Å². The van der Waals surface area contributed by atoms with Gasteiger partial charge in [-0.15, -0.1) is 11.8 Å². The Morgan fingerprint density at radius 1 is 1.11 bits per heavy atom. The molecule has 102 valence electrons. The summed E-state index contributed by atoms with van der Waals surface area (Å²) >= 11 is 2.12. The maximum Gasteiger partial charge on any atom is 0.0263 e. The van der Waals surface area contributed by atoms with Crippen molar-refractivity contribution in [1.29, 1.82) is 0 Å². The molecule has 3 aliphatic rings. The number of nitrogens with zero attached hydrogens (tertiary/aromatic N) is 1. The van der Waals surface area contributed by atoms with Crippen molar-refractivity contribution >= 4 is 11.8 Å². The highest BCUT2D eigenvalue weighted by Crippen LogP contribution is 2.40. The van der Waals surface area contributed by atoms with E-state index < -0.39 is 0 Å². The van der Waals surface area contributed by atoms with E-state index >= 15 is 0 Å². The molecule has 0 radical (unpaired) electrons. The second-order valence-electron chi connectivity index (χ2n) is 6.45. The van der Waals surface area contributed by atoms with Crippen LogP contribution in [0.1, 0.15) is 37.7 Å². The number of hydrogen-bond acceptors (Lipinski definition) is 2. The van der Waals surface area contributed by atoms with E-state index in [2.05, 4.69) is 40.9 Å². The molecule has 2 aliphatic heterocycles. The van der Waals surface area contributed by atoms with Crippen molar-refractivity contribution in [2.45, 2.75) is 54.7 Å². The fourth-order valence-corrected chi connectivity index (χ4v) is 5.69. The van der Waals surface area contributed by atoms with Gasteiger partial charge in [-0.25, -0.2) is 0 Å². The average Bonchev–Trinajstić information content (AvgIpc) is 3.03. The number of likely N-dealkylation sites (tertiary alicyclic amines) is 1. The molecule has 1 saturated heterocycles. The van der Waals surface area contributed by atoms with Crippen molar-refractivity contribution in [3.05, 3.63) is 29.8 Å². The molecule has 1 saturated carbocycles. The SMILES string of the molecule is c1ccc2c(c1)CC(CN1CCC3CCCCC31)S2. The molecule has 0 amide bonds. The third-order valence-corrected chi connectivity index (χ3v) is 6.58. The highest BCUT2D eigenvalue weighted by molar-refractivity contribution is 8.00. The molecule has 0 spiro atoms. The van der Waals surface area contributed by atoms with Crippen molar-refractivity contribution in [2.75, 3.05) is 13.1 Å². The molecule has 0 aromatic heterocycles. The lowest BCUT2D eigenvalue weighted by Crippen LogP contribution is -2.38. The van der Waals surface area contributed by atoms with E-state index in [-0.39, 0.29) is 0 Å². The summed E-state index contributed by atoms with van der Waals surface area (Å²) in [4.78, 5) is 4.36. The van der Waals surface area contributed by atoms with Crippen LogP contribution in [0.4, 0.5) is 0 Å². The van der Waals surface area contributed by atoms with Crippen LogP contribution in [0, 0.1) is 5.92 Å². The molecule has 4 rings (SSSR count). The summed E-state index contributed by atoms with van der Waals surface area (Å²) in [5, 5.41) is 0.804. The Kier molecular flexibility index (Phi) is 3.32. The zero-order chi connectivity index (χ0) is 12.7. The second-order valence-corrected chi connectivity index (χ2v) is 7.79. The highest BCUT2D eigenvalue weighted by atomic mass is 32.2. The number of hydrogen-bond donors (Lipinski definition) is 0. The summed E-state index contributed by atoms with van der Waals surface area (Å²) in [5.74, 6) is 1.03. The van der Waals surface area contributed by atoms with Gasteiger partial charge >= 0.3 is 0 Å². The minimum atomic E-state index is 0.804. The zero-order valence-electron chi connectivity index (χ0n) is 11.6. The van der Waals surface area contributed by atoms with Gasteiger partial charge in [0.05, 0.1) is 0 Å². The molecular weight excluding hydrogens is 250 g/mol. The molecular formula is C17H23NS. The summed E-state index contributed by atoms with van der Waals surface area (Å²) in [6.45, 7) is 2.68. The van der Waals surface area contributed by atoms with Crippen LogP contribution in [0.15, 0.2) is 29.2 Å². The summed E-state index contributed by atoms with van der Waals surface area (Å²) in [6, 6.07) is 9.91. The molecule has 1 nitrogen and oxygen atoms in total. The van der Waals surface area contributed by atoms with Crippen LogP contribution < -0.4 is 0 Å². The largest absolute Gasteiger partial charge is 0.299 e. The molecule has 19 heavy (non-hydrogen) atoms. The van der Waals surface area contributed by atoms with Gasteiger partial charge in [-0.05, 0) is 49.8 Å². The van der Waals surface area contributed by atoms with Crippen LogP contribution in [-0.2, 0) is 6.42 Å². The van der Waals surface area contributed by atoms with Crippen LogP contribution in [0.25, 0.3) is 0 Å². The number of fused-ring (bicyclic) bond motifs is 2. The fraction of sp³-hybridized carbons (Fsp3) is 0.647. The topological polar surface area (TPSA) is 3.24 Å². The van der Waals surface area contributed by atoms with E-state index in [4.69, 9.17) is 0 Å². The van der Waals surface area contributed by atoms with Gasteiger partial charge in [0.1, 0.15) is 0 Å². The van der Waals surface area contributed by atoms with Crippen molar-refractivity contribution in [2.24, 2.45) is 5.92 Å². The van der Waals surface area contributed by atoms with Crippen LogP contribution >= 0.6 is 11.8 Å². The molecule has 2 heterocycles. The van der Waals surface area contributed by atoms with Gasteiger partial charge in [0.25, 0.3) is 0 Å². The Labute approximate surface area is 120 Å². The third kappa shape index (κ3) is 2.34. The standard InChI is InChI=1S/C17H23NS/c1-3-7-16-13(5-1)9-10-18(16)12-15-11-14-6-2-4-8-17(14)19-15/h2,4,6,8,13,15-16H,1,3,5,7,9-12H2. The number of thioether (sulfide) groups is 1. The first-order chi connectivity index (χ1) is 9.40. The van der Waals surface area contributed by atoms with Crippen molar-refractivity contribution in [3.8, 4) is 0 Å². The lowest BCUT2D eigenvalue weighted by atomic mass is 9.85. The predicted octanol–water partition coefficient (Wildman–Crippen LogP) is 3.97. The van der Waals surface area contributed by atoms with Gasteiger partial charge in [0.2, 0.25) is 0 Å². The smallest absolute Gasteiger partial charge is 0.0263 e. The zero-order valence-corrected chi connectivity index (χ0v) is 12.4. The van der Waals surface area contributed by atoms with Gasteiger partial charge in [-0.2, -0.15) is 0 Å². The van der Waals surface area contributed by atoms with Crippen LogP contribution in [0.3, 0.4) is 0 Å². The van der Waals surface area contributed by atoms with Crippen molar-refractivity contribution < 1.29 is 0 Å². The van der Waals surface area contributed by atoms with E-state index in [9.17, 15) is 0 Å². The Morgan fingerprint density at radius 3 is 2.95 bits per heavy atom. The minimum Gasteiger partial charge on any atom is -0.299 e. The van der Waals surface area contributed by atoms with Gasteiger partial charge < -0.3 is 0 Å². The maximum absolute atomic E-state index is 2.83. The first-order valence-electron chi connectivity index (χ1n) is 7.89. The second kappa shape index (κ2) is 5.14. The first kappa shape index (κ1) is 12.3. The monoisotopic (exact) mass is 273 g/mol. The van der Waals surface area contributed by atoms with E-state index in [1.807, 2.05) is 0 Å². The number of rotatable bonds is 2. The van der Waals surface area contributed by atoms with Gasteiger partial charge in [-0.3, -0.25) is 4.90 Å². The van der Waals surface area contributed by atoms with E-state index in [1.54, 1.807) is 5.56 Å². The third-order valence-electron chi connectivity index (χ3n) is 5.28. The van der Waals surface area contributed by atoms with Gasteiger partial charge in [-0.1, -0.05) is 31.0 Å². The lowest BCUT2D eigenvalue weighted by molar-refractivity contribution is 0.183. The molecule has 1 aromatic rings. The highest BCUT2D eigenvalue weighted by Gasteiger charge is 2.37. The Morgan fingerprint density at radius 2 is 2.00 bits per heavy atom. The summed E-state index contributed by atoms with van der Waals surface area (Å²) in [6.07, 6.45) is 8.67. The summed E-state index contributed by atoms with van der Waals surface area (Å²) in [5.41, 5.74) is 1.58. The molecule has 1 aromatic carbocycles. The molecule has 1 aliphatic carbocycles. The fourth-order valence-electron chi connectivity index (χ4n) is 4.35.